The van der Waals surface area contributed by atoms with E-state index in [4.69, 9.17) is 23.2 Å². The lowest BCUT2D eigenvalue weighted by Crippen LogP contribution is -2.32. The first kappa shape index (κ1) is 17.8. The summed E-state index contributed by atoms with van der Waals surface area (Å²) >= 11 is 12.2. The average molecular weight is 377 g/mol. The van der Waals surface area contributed by atoms with Crippen molar-refractivity contribution in [2.45, 2.75) is 19.9 Å². The molecule has 6 heteroatoms. The van der Waals surface area contributed by atoms with E-state index in [0.29, 0.717) is 23.1 Å². The molecule has 0 radical (unpaired) electrons. The van der Waals surface area contributed by atoms with E-state index >= 15 is 0 Å². The van der Waals surface area contributed by atoms with Crippen LogP contribution in [0.3, 0.4) is 0 Å². The predicted octanol–water partition coefficient (Wildman–Crippen LogP) is 3.97. The van der Waals surface area contributed by atoms with Gasteiger partial charge in [0.25, 0.3) is 0 Å². The number of nitrogens with zero attached hydrogens (tertiary/aromatic N) is 1. The van der Waals surface area contributed by atoms with E-state index in [1.165, 1.54) is 0 Å². The number of carbonyl (C=O) groups is 2. The summed E-state index contributed by atoms with van der Waals surface area (Å²) in [6.07, 6.45) is 0.195. The molecule has 1 fully saturated rings. The SMILES string of the molecule is Cc1c(Cl)cccc1N1CC(C(=O)NCc2ccccc2Cl)CC1=O. The molecule has 2 aromatic carbocycles. The number of amides is 2. The van der Waals surface area contributed by atoms with Crippen molar-refractivity contribution in [2.75, 3.05) is 11.4 Å². The van der Waals surface area contributed by atoms with E-state index in [1.807, 2.05) is 37.3 Å². The summed E-state index contributed by atoms with van der Waals surface area (Å²) in [7, 11) is 0. The summed E-state index contributed by atoms with van der Waals surface area (Å²) in [5.41, 5.74) is 2.46. The Kier molecular flexibility index (Phi) is 5.30. The van der Waals surface area contributed by atoms with E-state index in [-0.39, 0.29) is 24.2 Å². The Hall–Kier alpha value is -2.04. The standard InChI is InChI=1S/C19H18Cl2N2O2/c1-12-15(20)7-4-8-17(12)23-11-14(9-18(23)24)19(25)22-10-13-5-2-3-6-16(13)21/h2-8,14H,9-11H2,1H3,(H,22,25). The zero-order valence-electron chi connectivity index (χ0n) is 13.8. The van der Waals surface area contributed by atoms with Crippen LogP contribution in [0.15, 0.2) is 42.5 Å². The van der Waals surface area contributed by atoms with Crippen LogP contribution in [0.1, 0.15) is 17.5 Å². The molecule has 3 rings (SSSR count). The molecule has 1 aliphatic rings. The topological polar surface area (TPSA) is 49.4 Å². The van der Waals surface area contributed by atoms with Gasteiger partial charge in [0, 0.05) is 35.2 Å². The van der Waals surface area contributed by atoms with E-state index in [2.05, 4.69) is 5.32 Å². The number of rotatable bonds is 4. The number of anilines is 1. The number of carbonyl (C=O) groups excluding carboxylic acids is 2. The third kappa shape index (κ3) is 3.80. The molecule has 0 aliphatic carbocycles. The fraction of sp³-hybridized carbons (Fsp3) is 0.263. The second kappa shape index (κ2) is 7.46. The molecule has 130 valence electrons. The highest BCUT2D eigenvalue weighted by Gasteiger charge is 2.35. The van der Waals surface area contributed by atoms with Crippen molar-refractivity contribution >= 4 is 40.7 Å². The highest BCUT2D eigenvalue weighted by molar-refractivity contribution is 6.32. The third-order valence-electron chi connectivity index (χ3n) is 4.44. The summed E-state index contributed by atoms with van der Waals surface area (Å²) in [5, 5.41) is 4.09. The minimum Gasteiger partial charge on any atom is -0.352 e. The predicted molar refractivity (Wildman–Crippen MR) is 99.9 cm³/mol. The Morgan fingerprint density at radius 2 is 1.88 bits per heavy atom. The van der Waals surface area contributed by atoms with Gasteiger partial charge in [-0.25, -0.2) is 0 Å². The van der Waals surface area contributed by atoms with Crippen molar-refractivity contribution in [3.63, 3.8) is 0 Å². The molecule has 2 amide bonds. The summed E-state index contributed by atoms with van der Waals surface area (Å²) < 4.78 is 0. The number of hydrogen-bond acceptors (Lipinski definition) is 2. The number of nitrogens with one attached hydrogen (secondary N) is 1. The summed E-state index contributed by atoms with van der Waals surface area (Å²) in [6, 6.07) is 12.8. The van der Waals surface area contributed by atoms with Gasteiger partial charge in [-0.3, -0.25) is 9.59 Å². The summed E-state index contributed by atoms with van der Waals surface area (Å²) in [6.45, 7) is 2.57. The Bertz CT molecular complexity index is 823. The van der Waals surface area contributed by atoms with Gasteiger partial charge in [0.2, 0.25) is 11.8 Å². The van der Waals surface area contributed by atoms with Crippen LogP contribution in [0.5, 0.6) is 0 Å². The van der Waals surface area contributed by atoms with Gasteiger partial charge in [0.15, 0.2) is 0 Å². The van der Waals surface area contributed by atoms with Crippen molar-refractivity contribution < 1.29 is 9.59 Å². The molecule has 0 aromatic heterocycles. The number of benzene rings is 2. The molecule has 1 unspecified atom stereocenters. The summed E-state index contributed by atoms with van der Waals surface area (Å²) in [5.74, 6) is -0.591. The first-order valence-electron chi connectivity index (χ1n) is 8.04. The molecule has 1 atom stereocenters. The Labute approximate surface area is 156 Å². The molecule has 1 N–H and O–H groups in total. The van der Waals surface area contributed by atoms with Crippen molar-refractivity contribution in [1.29, 1.82) is 0 Å². The molecule has 4 nitrogen and oxygen atoms in total. The van der Waals surface area contributed by atoms with Gasteiger partial charge in [-0.1, -0.05) is 47.5 Å². The highest BCUT2D eigenvalue weighted by Crippen LogP contribution is 2.31. The van der Waals surface area contributed by atoms with Crippen LogP contribution in [0.25, 0.3) is 0 Å². The van der Waals surface area contributed by atoms with Crippen molar-refractivity contribution in [1.82, 2.24) is 5.32 Å². The van der Waals surface area contributed by atoms with Crippen molar-refractivity contribution in [2.24, 2.45) is 5.92 Å². The van der Waals surface area contributed by atoms with Crippen LogP contribution < -0.4 is 10.2 Å². The molecule has 2 aromatic rings. The maximum atomic E-state index is 12.4. The van der Waals surface area contributed by atoms with Crippen LogP contribution in [0.4, 0.5) is 5.69 Å². The Balaban J connectivity index is 1.67. The lowest BCUT2D eigenvalue weighted by atomic mass is 10.1. The monoisotopic (exact) mass is 376 g/mol. The van der Waals surface area contributed by atoms with E-state index < -0.39 is 0 Å². The number of hydrogen-bond donors (Lipinski definition) is 1. The first-order valence-corrected chi connectivity index (χ1v) is 8.79. The lowest BCUT2D eigenvalue weighted by molar-refractivity contribution is -0.126. The van der Waals surface area contributed by atoms with E-state index in [1.54, 1.807) is 17.0 Å². The second-order valence-corrected chi connectivity index (χ2v) is 6.91. The van der Waals surface area contributed by atoms with Crippen LogP contribution in [0, 0.1) is 12.8 Å². The molecular weight excluding hydrogens is 359 g/mol. The van der Waals surface area contributed by atoms with Gasteiger partial charge >= 0.3 is 0 Å². The van der Waals surface area contributed by atoms with Crippen molar-refractivity contribution in [3.8, 4) is 0 Å². The molecule has 1 heterocycles. The lowest BCUT2D eigenvalue weighted by Gasteiger charge is -2.19. The van der Waals surface area contributed by atoms with Crippen LogP contribution >= 0.6 is 23.2 Å². The maximum Gasteiger partial charge on any atom is 0.227 e. The van der Waals surface area contributed by atoms with Gasteiger partial charge in [-0.05, 0) is 36.2 Å². The minimum atomic E-state index is -0.381. The molecule has 0 spiro atoms. The molecule has 0 bridgehead atoms. The van der Waals surface area contributed by atoms with Gasteiger partial charge in [-0.2, -0.15) is 0 Å². The first-order chi connectivity index (χ1) is 12.0. The molecule has 1 saturated heterocycles. The largest absolute Gasteiger partial charge is 0.352 e. The van der Waals surface area contributed by atoms with Crippen molar-refractivity contribution in [3.05, 3.63) is 63.6 Å². The Morgan fingerprint density at radius 1 is 1.16 bits per heavy atom. The summed E-state index contributed by atoms with van der Waals surface area (Å²) in [4.78, 5) is 26.4. The normalized spacial score (nSPS) is 17.0. The minimum absolute atomic E-state index is 0.0664. The van der Waals surface area contributed by atoms with Gasteiger partial charge in [0.1, 0.15) is 0 Å². The Morgan fingerprint density at radius 3 is 2.64 bits per heavy atom. The van der Waals surface area contributed by atoms with Crippen LogP contribution in [-0.2, 0) is 16.1 Å². The van der Waals surface area contributed by atoms with Gasteiger partial charge in [0.05, 0.1) is 5.92 Å². The van der Waals surface area contributed by atoms with Crippen LogP contribution in [-0.4, -0.2) is 18.4 Å². The quantitative estimate of drug-likeness (QED) is 0.877. The van der Waals surface area contributed by atoms with Gasteiger partial charge < -0.3 is 10.2 Å². The van der Waals surface area contributed by atoms with Gasteiger partial charge in [-0.15, -0.1) is 0 Å². The van der Waals surface area contributed by atoms with Crippen LogP contribution in [0.2, 0.25) is 10.0 Å². The second-order valence-electron chi connectivity index (χ2n) is 6.10. The smallest absolute Gasteiger partial charge is 0.227 e. The third-order valence-corrected chi connectivity index (χ3v) is 5.21. The molecule has 0 saturated carbocycles. The average Bonchev–Trinajstić information content (AvgIpc) is 2.98. The zero-order valence-corrected chi connectivity index (χ0v) is 15.3. The highest BCUT2D eigenvalue weighted by atomic mass is 35.5. The molecular formula is C19H18Cl2N2O2. The fourth-order valence-electron chi connectivity index (χ4n) is 2.97. The van der Waals surface area contributed by atoms with E-state index in [9.17, 15) is 9.59 Å². The molecule has 25 heavy (non-hydrogen) atoms. The molecule has 1 aliphatic heterocycles. The fourth-order valence-corrected chi connectivity index (χ4v) is 3.35. The zero-order chi connectivity index (χ0) is 18.0. The maximum absolute atomic E-state index is 12.4. The van der Waals surface area contributed by atoms with E-state index in [0.717, 1.165) is 16.8 Å². The number of halogens is 2.